The van der Waals surface area contributed by atoms with Gasteiger partial charge in [-0.25, -0.2) is 0 Å². The molecule has 0 spiro atoms. The molecule has 0 saturated carbocycles. The van der Waals surface area contributed by atoms with Crippen molar-refractivity contribution in [3.8, 4) is 5.75 Å². The van der Waals surface area contributed by atoms with Crippen LogP contribution in [0.5, 0.6) is 5.75 Å². The zero-order chi connectivity index (χ0) is 17.7. The Labute approximate surface area is 143 Å². The Kier molecular flexibility index (Phi) is 5.99. The third kappa shape index (κ3) is 5.06. The van der Waals surface area contributed by atoms with E-state index < -0.39 is 5.60 Å². The summed E-state index contributed by atoms with van der Waals surface area (Å²) in [5.74, 6) is 0.436. The van der Waals surface area contributed by atoms with Gasteiger partial charge in [0.15, 0.2) is 5.60 Å². The summed E-state index contributed by atoms with van der Waals surface area (Å²) in [5.41, 5.74) is 0.0564. The molecule has 0 amide bonds. The molecule has 1 atom stereocenters. The number of epoxide rings is 1. The molecular formula is C19H26O5. The predicted molar refractivity (Wildman–Crippen MR) is 89.6 cm³/mol. The molecule has 1 aromatic carbocycles. The first-order chi connectivity index (χ1) is 11.3. The molecule has 1 unspecified atom stereocenters. The Balaban J connectivity index is 2.05. The molecule has 0 radical (unpaired) electrons. The summed E-state index contributed by atoms with van der Waals surface area (Å²) in [5, 5.41) is 0. The van der Waals surface area contributed by atoms with E-state index in [0.29, 0.717) is 25.2 Å². The number of para-hydroxylation sites is 1. The number of ether oxygens (including phenoxy) is 3. The SMILES string of the molecule is CC(C)CC(=O)OCC1(c2ccccc2OC(=O)CC(C)C)CO1. The molecule has 1 saturated heterocycles. The summed E-state index contributed by atoms with van der Waals surface area (Å²) in [7, 11) is 0. The Morgan fingerprint density at radius 3 is 2.25 bits per heavy atom. The van der Waals surface area contributed by atoms with Crippen LogP contribution >= 0.6 is 0 Å². The van der Waals surface area contributed by atoms with Gasteiger partial charge in [0.2, 0.25) is 0 Å². The lowest BCUT2D eigenvalue weighted by molar-refractivity contribution is -0.146. The van der Waals surface area contributed by atoms with E-state index in [9.17, 15) is 9.59 Å². The molecular weight excluding hydrogens is 308 g/mol. The van der Waals surface area contributed by atoms with E-state index in [0.717, 1.165) is 5.56 Å². The first-order valence-corrected chi connectivity index (χ1v) is 8.42. The zero-order valence-electron chi connectivity index (χ0n) is 14.8. The fraction of sp³-hybridized carbons (Fsp3) is 0.579. The summed E-state index contributed by atoms with van der Waals surface area (Å²) in [6.45, 7) is 8.44. The minimum absolute atomic E-state index is 0.136. The predicted octanol–water partition coefficient (Wildman–Crippen LogP) is 3.45. The molecule has 0 N–H and O–H groups in total. The van der Waals surface area contributed by atoms with Crippen molar-refractivity contribution >= 4 is 11.9 Å². The van der Waals surface area contributed by atoms with Crippen LogP contribution in [0.1, 0.15) is 46.1 Å². The van der Waals surface area contributed by atoms with Gasteiger partial charge >= 0.3 is 11.9 Å². The van der Waals surface area contributed by atoms with E-state index in [1.165, 1.54) is 0 Å². The van der Waals surface area contributed by atoms with Crippen LogP contribution in [0.4, 0.5) is 0 Å². The molecule has 1 aliphatic heterocycles. The van der Waals surface area contributed by atoms with Crippen molar-refractivity contribution in [2.45, 2.75) is 46.1 Å². The van der Waals surface area contributed by atoms with Crippen LogP contribution in [-0.4, -0.2) is 25.2 Å². The number of hydrogen-bond acceptors (Lipinski definition) is 5. The molecule has 1 aliphatic rings. The van der Waals surface area contributed by atoms with E-state index in [2.05, 4.69) is 0 Å². The Morgan fingerprint density at radius 2 is 1.67 bits per heavy atom. The average Bonchev–Trinajstić information content (AvgIpc) is 3.25. The maximum atomic E-state index is 12.0. The Hall–Kier alpha value is -1.88. The molecule has 24 heavy (non-hydrogen) atoms. The minimum Gasteiger partial charge on any atom is -0.462 e. The van der Waals surface area contributed by atoms with Crippen LogP contribution in [0.2, 0.25) is 0 Å². The van der Waals surface area contributed by atoms with Crippen molar-refractivity contribution in [2.24, 2.45) is 11.8 Å². The third-order valence-electron chi connectivity index (χ3n) is 3.71. The van der Waals surface area contributed by atoms with Crippen LogP contribution < -0.4 is 4.74 Å². The molecule has 5 nitrogen and oxygen atoms in total. The van der Waals surface area contributed by atoms with E-state index in [4.69, 9.17) is 14.2 Å². The van der Waals surface area contributed by atoms with Crippen molar-refractivity contribution in [1.82, 2.24) is 0 Å². The highest BCUT2D eigenvalue weighted by Gasteiger charge is 2.50. The zero-order valence-corrected chi connectivity index (χ0v) is 14.8. The van der Waals surface area contributed by atoms with Crippen molar-refractivity contribution in [1.29, 1.82) is 0 Å². The monoisotopic (exact) mass is 334 g/mol. The van der Waals surface area contributed by atoms with Crippen LogP contribution in [0.3, 0.4) is 0 Å². The van der Waals surface area contributed by atoms with Gasteiger partial charge in [0.25, 0.3) is 0 Å². The Bertz CT molecular complexity index is 587. The molecule has 0 aromatic heterocycles. The van der Waals surface area contributed by atoms with E-state index in [1.54, 1.807) is 6.07 Å². The van der Waals surface area contributed by atoms with Gasteiger partial charge in [-0.05, 0) is 17.9 Å². The number of benzene rings is 1. The van der Waals surface area contributed by atoms with Gasteiger partial charge in [-0.3, -0.25) is 9.59 Å². The normalized spacial score (nSPS) is 19.4. The lowest BCUT2D eigenvalue weighted by Crippen LogP contribution is -2.22. The van der Waals surface area contributed by atoms with Gasteiger partial charge in [-0.15, -0.1) is 0 Å². The fourth-order valence-corrected chi connectivity index (χ4v) is 2.42. The van der Waals surface area contributed by atoms with Crippen molar-refractivity contribution in [2.75, 3.05) is 13.2 Å². The second kappa shape index (κ2) is 7.79. The van der Waals surface area contributed by atoms with Crippen molar-refractivity contribution in [3.63, 3.8) is 0 Å². The van der Waals surface area contributed by atoms with Crippen LogP contribution in [-0.2, 0) is 24.7 Å². The number of carbonyl (C=O) groups is 2. The maximum Gasteiger partial charge on any atom is 0.311 e. The van der Waals surface area contributed by atoms with Crippen LogP contribution in [0, 0.1) is 11.8 Å². The summed E-state index contributed by atoms with van der Waals surface area (Å²) in [6.07, 6.45) is 0.729. The smallest absolute Gasteiger partial charge is 0.311 e. The molecule has 1 fully saturated rings. The molecule has 1 aromatic rings. The maximum absolute atomic E-state index is 12.0. The van der Waals surface area contributed by atoms with E-state index in [-0.39, 0.29) is 30.4 Å². The van der Waals surface area contributed by atoms with Gasteiger partial charge in [0.1, 0.15) is 12.4 Å². The first kappa shape index (κ1) is 18.5. The second-order valence-corrected chi connectivity index (χ2v) is 7.11. The lowest BCUT2D eigenvalue weighted by atomic mass is 9.99. The Morgan fingerprint density at radius 1 is 1.08 bits per heavy atom. The molecule has 2 rings (SSSR count). The largest absolute Gasteiger partial charge is 0.462 e. The molecule has 132 valence electrons. The highest BCUT2D eigenvalue weighted by Crippen LogP contribution is 2.43. The lowest BCUT2D eigenvalue weighted by Gasteiger charge is -2.17. The topological polar surface area (TPSA) is 65.1 Å². The second-order valence-electron chi connectivity index (χ2n) is 7.11. The van der Waals surface area contributed by atoms with Gasteiger partial charge in [-0.2, -0.15) is 0 Å². The van der Waals surface area contributed by atoms with Gasteiger partial charge in [0, 0.05) is 18.4 Å². The van der Waals surface area contributed by atoms with Gasteiger partial charge in [-0.1, -0.05) is 45.9 Å². The quantitative estimate of drug-likeness (QED) is 0.414. The summed E-state index contributed by atoms with van der Waals surface area (Å²) in [4.78, 5) is 23.7. The van der Waals surface area contributed by atoms with Crippen LogP contribution in [0.15, 0.2) is 24.3 Å². The van der Waals surface area contributed by atoms with E-state index >= 15 is 0 Å². The van der Waals surface area contributed by atoms with Crippen LogP contribution in [0.25, 0.3) is 0 Å². The highest BCUT2D eigenvalue weighted by molar-refractivity contribution is 5.73. The highest BCUT2D eigenvalue weighted by atomic mass is 16.6. The summed E-state index contributed by atoms with van der Waals surface area (Å²) < 4.78 is 16.4. The number of esters is 2. The van der Waals surface area contributed by atoms with Gasteiger partial charge in [0.05, 0.1) is 6.61 Å². The fourth-order valence-electron chi connectivity index (χ4n) is 2.42. The standard InChI is InChI=1S/C19H26O5/c1-13(2)9-17(20)22-11-19(12-23-19)15-7-5-6-8-16(15)24-18(21)10-14(3)4/h5-8,13-14H,9-12H2,1-4H3. The molecule has 0 bridgehead atoms. The summed E-state index contributed by atoms with van der Waals surface area (Å²) >= 11 is 0. The molecule has 0 aliphatic carbocycles. The summed E-state index contributed by atoms with van der Waals surface area (Å²) in [6, 6.07) is 7.25. The average molecular weight is 334 g/mol. The number of carbonyl (C=O) groups excluding carboxylic acids is 2. The number of hydrogen-bond donors (Lipinski definition) is 0. The van der Waals surface area contributed by atoms with Crippen molar-refractivity contribution in [3.05, 3.63) is 29.8 Å². The van der Waals surface area contributed by atoms with Gasteiger partial charge < -0.3 is 14.2 Å². The van der Waals surface area contributed by atoms with E-state index in [1.807, 2.05) is 45.9 Å². The first-order valence-electron chi connectivity index (χ1n) is 8.42. The minimum atomic E-state index is -0.693. The third-order valence-corrected chi connectivity index (χ3v) is 3.71. The molecule has 1 heterocycles. The number of rotatable bonds is 8. The van der Waals surface area contributed by atoms with Crippen molar-refractivity contribution < 1.29 is 23.8 Å². The molecule has 5 heteroatoms.